The number of aromatic nitrogens is 1. The Labute approximate surface area is 170 Å². The average molecular weight is 397 g/mol. The van der Waals surface area contributed by atoms with Gasteiger partial charge in [-0.1, -0.05) is 17.7 Å². The molecule has 1 aliphatic carbocycles. The van der Waals surface area contributed by atoms with Crippen molar-refractivity contribution in [2.45, 2.75) is 46.6 Å². The van der Waals surface area contributed by atoms with Crippen molar-refractivity contribution in [3.8, 4) is 0 Å². The largest absolute Gasteiger partial charge is 0.461 e. The number of hydrogen-bond acceptors (Lipinski definition) is 4. The summed E-state index contributed by atoms with van der Waals surface area (Å²) in [7, 11) is 0. The molecule has 3 rings (SSSR count). The first kappa shape index (κ1) is 20.6. The number of ether oxygens (including phenoxy) is 1. The Morgan fingerprint density at radius 1 is 1.14 bits per heavy atom. The monoisotopic (exact) mass is 397 g/mol. The van der Waals surface area contributed by atoms with Gasteiger partial charge in [0.15, 0.2) is 5.78 Å². The molecular formula is C22H27N3O4. The number of carbonyl (C=O) groups is 3. The number of benzene rings is 1. The van der Waals surface area contributed by atoms with Crippen LogP contribution in [0.1, 0.15) is 57.4 Å². The summed E-state index contributed by atoms with van der Waals surface area (Å²) in [5.74, 6) is -0.680. The normalized spacial score (nSPS) is 13.1. The zero-order valence-electron chi connectivity index (χ0n) is 17.3. The van der Waals surface area contributed by atoms with Crippen molar-refractivity contribution in [1.82, 2.24) is 9.88 Å². The van der Waals surface area contributed by atoms with E-state index in [1.807, 2.05) is 31.2 Å². The highest BCUT2D eigenvalue weighted by Gasteiger charge is 2.35. The Bertz CT molecular complexity index is 926. The lowest BCUT2D eigenvalue weighted by molar-refractivity contribution is 0.0519. The number of rotatable bonds is 7. The van der Waals surface area contributed by atoms with E-state index in [-0.39, 0.29) is 36.7 Å². The standard InChI is InChI=1S/C22H27N3O4/c1-5-29-21(27)20-14(3)19(15(4)23-20)18(26)12-25(17-10-11-17)22(28)24-16-8-6-13(2)7-9-16/h6-9,17,23H,5,10-12H2,1-4H3,(H,24,28). The number of H-pyrrole nitrogens is 1. The lowest BCUT2D eigenvalue weighted by Gasteiger charge is -2.22. The number of nitrogens with one attached hydrogen (secondary N) is 2. The number of esters is 1. The van der Waals surface area contributed by atoms with Crippen LogP contribution in [-0.4, -0.2) is 46.9 Å². The van der Waals surface area contributed by atoms with Gasteiger partial charge in [-0.15, -0.1) is 0 Å². The van der Waals surface area contributed by atoms with E-state index < -0.39 is 5.97 Å². The predicted molar refractivity (Wildman–Crippen MR) is 110 cm³/mol. The maximum atomic E-state index is 13.0. The Morgan fingerprint density at radius 2 is 1.79 bits per heavy atom. The summed E-state index contributed by atoms with van der Waals surface area (Å²) in [5, 5.41) is 2.87. The Hall–Kier alpha value is -3.09. The van der Waals surface area contributed by atoms with Crippen molar-refractivity contribution in [1.29, 1.82) is 0 Å². The summed E-state index contributed by atoms with van der Waals surface area (Å²) in [6.07, 6.45) is 1.77. The molecule has 7 heteroatoms. The number of aryl methyl sites for hydroxylation is 2. The SMILES string of the molecule is CCOC(=O)c1[nH]c(C)c(C(=O)CN(C(=O)Nc2ccc(C)cc2)C2CC2)c1C. The van der Waals surface area contributed by atoms with Gasteiger partial charge in [0, 0.05) is 23.0 Å². The molecule has 0 bridgehead atoms. The minimum absolute atomic E-state index is 0.0375. The molecule has 1 aromatic heterocycles. The molecule has 2 N–H and O–H groups in total. The van der Waals surface area contributed by atoms with E-state index in [4.69, 9.17) is 4.74 Å². The molecule has 29 heavy (non-hydrogen) atoms. The number of carbonyl (C=O) groups excluding carboxylic acids is 3. The van der Waals surface area contributed by atoms with Crippen LogP contribution in [0, 0.1) is 20.8 Å². The van der Waals surface area contributed by atoms with Gasteiger partial charge in [0.25, 0.3) is 0 Å². The molecule has 0 radical (unpaired) electrons. The first-order valence-electron chi connectivity index (χ1n) is 9.85. The summed E-state index contributed by atoms with van der Waals surface area (Å²) in [4.78, 5) is 42.5. The second kappa shape index (κ2) is 8.51. The number of ketones is 1. The van der Waals surface area contributed by atoms with Gasteiger partial charge in [0.2, 0.25) is 0 Å². The van der Waals surface area contributed by atoms with Crippen LogP contribution in [0.5, 0.6) is 0 Å². The van der Waals surface area contributed by atoms with Crippen LogP contribution >= 0.6 is 0 Å². The number of aromatic amines is 1. The first-order valence-corrected chi connectivity index (χ1v) is 9.85. The van der Waals surface area contributed by atoms with Gasteiger partial charge >= 0.3 is 12.0 Å². The smallest absolute Gasteiger partial charge is 0.355 e. The van der Waals surface area contributed by atoms with Crippen LogP contribution in [0.2, 0.25) is 0 Å². The fraction of sp³-hybridized carbons (Fsp3) is 0.409. The average Bonchev–Trinajstić information content (AvgIpc) is 3.46. The van der Waals surface area contributed by atoms with E-state index in [0.717, 1.165) is 18.4 Å². The maximum absolute atomic E-state index is 13.0. The summed E-state index contributed by atoms with van der Waals surface area (Å²) in [5.41, 5.74) is 3.69. The van der Waals surface area contributed by atoms with Crippen LogP contribution in [0.25, 0.3) is 0 Å². The van der Waals surface area contributed by atoms with Crippen molar-refractivity contribution in [3.63, 3.8) is 0 Å². The number of nitrogens with zero attached hydrogens (tertiary/aromatic N) is 1. The fourth-order valence-corrected chi connectivity index (χ4v) is 3.39. The molecule has 1 heterocycles. The highest BCUT2D eigenvalue weighted by atomic mass is 16.5. The number of Topliss-reactive ketones (excluding diaryl/α,β-unsaturated/α-hetero) is 1. The molecule has 1 saturated carbocycles. The van der Waals surface area contributed by atoms with Crippen molar-refractivity contribution in [3.05, 3.63) is 52.3 Å². The Morgan fingerprint density at radius 3 is 2.38 bits per heavy atom. The molecule has 2 amide bonds. The molecule has 7 nitrogen and oxygen atoms in total. The third kappa shape index (κ3) is 4.67. The van der Waals surface area contributed by atoms with Crippen molar-refractivity contribution >= 4 is 23.5 Å². The van der Waals surface area contributed by atoms with Crippen LogP contribution < -0.4 is 5.32 Å². The van der Waals surface area contributed by atoms with Gasteiger partial charge < -0.3 is 19.9 Å². The van der Waals surface area contributed by atoms with Crippen molar-refractivity contribution in [2.24, 2.45) is 0 Å². The molecule has 0 spiro atoms. The van der Waals surface area contributed by atoms with Crippen LogP contribution in [0.15, 0.2) is 24.3 Å². The molecule has 1 fully saturated rings. The number of hydrogen-bond donors (Lipinski definition) is 2. The van der Waals surface area contributed by atoms with Crippen LogP contribution in [-0.2, 0) is 4.74 Å². The van der Waals surface area contributed by atoms with Gasteiger partial charge in [0.05, 0.1) is 13.2 Å². The number of amides is 2. The van der Waals surface area contributed by atoms with E-state index in [9.17, 15) is 14.4 Å². The van der Waals surface area contributed by atoms with Crippen molar-refractivity contribution in [2.75, 3.05) is 18.5 Å². The van der Waals surface area contributed by atoms with Gasteiger partial charge in [-0.25, -0.2) is 9.59 Å². The minimum atomic E-state index is -0.483. The first-order chi connectivity index (χ1) is 13.8. The van der Waals surface area contributed by atoms with Crippen LogP contribution in [0.4, 0.5) is 10.5 Å². The van der Waals surface area contributed by atoms with Crippen molar-refractivity contribution < 1.29 is 19.1 Å². The van der Waals surface area contributed by atoms with E-state index in [1.54, 1.807) is 25.7 Å². The highest BCUT2D eigenvalue weighted by molar-refractivity contribution is 6.05. The molecule has 1 aliphatic rings. The van der Waals surface area contributed by atoms with E-state index in [2.05, 4.69) is 10.3 Å². The summed E-state index contributed by atoms with van der Waals surface area (Å²) in [6, 6.07) is 7.30. The van der Waals surface area contributed by atoms with E-state index in [1.165, 1.54) is 0 Å². The molecule has 0 atom stereocenters. The highest BCUT2D eigenvalue weighted by Crippen LogP contribution is 2.29. The third-order valence-corrected chi connectivity index (χ3v) is 5.06. The zero-order valence-corrected chi connectivity index (χ0v) is 17.3. The second-order valence-corrected chi connectivity index (χ2v) is 7.42. The Kier molecular flexibility index (Phi) is 6.06. The lowest BCUT2D eigenvalue weighted by atomic mass is 10.1. The molecule has 0 unspecified atom stereocenters. The fourth-order valence-electron chi connectivity index (χ4n) is 3.39. The molecule has 0 saturated heterocycles. The summed E-state index contributed by atoms with van der Waals surface area (Å²) < 4.78 is 5.04. The Balaban J connectivity index is 1.76. The van der Waals surface area contributed by atoms with E-state index in [0.29, 0.717) is 22.5 Å². The molecular weight excluding hydrogens is 370 g/mol. The third-order valence-electron chi connectivity index (χ3n) is 5.06. The summed E-state index contributed by atoms with van der Waals surface area (Å²) in [6.45, 7) is 7.40. The molecule has 2 aromatic rings. The predicted octanol–water partition coefficient (Wildman–Crippen LogP) is 4.00. The molecule has 154 valence electrons. The summed E-state index contributed by atoms with van der Waals surface area (Å²) >= 11 is 0. The van der Waals surface area contributed by atoms with Gasteiger partial charge in [-0.3, -0.25) is 4.79 Å². The minimum Gasteiger partial charge on any atom is -0.461 e. The van der Waals surface area contributed by atoms with Gasteiger partial charge in [0.1, 0.15) is 5.69 Å². The lowest BCUT2D eigenvalue weighted by Crippen LogP contribution is -2.40. The topological polar surface area (TPSA) is 91.5 Å². The zero-order chi connectivity index (χ0) is 21.1. The number of urea groups is 1. The van der Waals surface area contributed by atoms with Gasteiger partial charge in [-0.2, -0.15) is 0 Å². The molecule has 0 aliphatic heterocycles. The quantitative estimate of drug-likeness (QED) is 0.546. The number of anilines is 1. The van der Waals surface area contributed by atoms with E-state index >= 15 is 0 Å². The molecule has 1 aromatic carbocycles. The second-order valence-electron chi connectivity index (χ2n) is 7.42. The van der Waals surface area contributed by atoms with Crippen LogP contribution in [0.3, 0.4) is 0 Å². The van der Waals surface area contributed by atoms with Gasteiger partial charge in [-0.05, 0) is 58.2 Å². The maximum Gasteiger partial charge on any atom is 0.355 e.